The number of para-hydroxylation sites is 1. The standard InChI is InChI=1S/C21H25N3O/c1-17-7-9-18(10-8-17)15-23-13-11-21(12-14-23)20(25)22-16-24(21)19-5-3-2-4-6-19/h2-10H,11-16H2,1H3,(H,22,25). The van der Waals surface area contributed by atoms with Gasteiger partial charge in [-0.1, -0.05) is 48.0 Å². The maximum absolute atomic E-state index is 12.7. The van der Waals surface area contributed by atoms with E-state index in [1.807, 2.05) is 18.2 Å². The largest absolute Gasteiger partial charge is 0.339 e. The molecule has 0 aromatic heterocycles. The minimum atomic E-state index is -0.384. The number of nitrogens with zero attached hydrogens (tertiary/aromatic N) is 2. The van der Waals surface area contributed by atoms with E-state index in [1.54, 1.807) is 0 Å². The van der Waals surface area contributed by atoms with Crippen LogP contribution in [-0.4, -0.2) is 36.1 Å². The van der Waals surface area contributed by atoms with E-state index in [2.05, 4.69) is 58.4 Å². The molecule has 130 valence electrons. The van der Waals surface area contributed by atoms with E-state index in [9.17, 15) is 4.79 Å². The first-order valence-electron chi connectivity index (χ1n) is 9.06. The summed E-state index contributed by atoms with van der Waals surface area (Å²) >= 11 is 0. The van der Waals surface area contributed by atoms with Gasteiger partial charge in [0.2, 0.25) is 5.91 Å². The van der Waals surface area contributed by atoms with Gasteiger partial charge in [-0.25, -0.2) is 0 Å². The van der Waals surface area contributed by atoms with E-state index in [4.69, 9.17) is 0 Å². The average molecular weight is 335 g/mol. The van der Waals surface area contributed by atoms with E-state index in [-0.39, 0.29) is 11.4 Å². The van der Waals surface area contributed by atoms with Crippen molar-refractivity contribution in [2.75, 3.05) is 24.7 Å². The molecule has 4 rings (SSSR count). The van der Waals surface area contributed by atoms with Crippen molar-refractivity contribution in [1.29, 1.82) is 0 Å². The van der Waals surface area contributed by atoms with Gasteiger partial charge in [-0.15, -0.1) is 0 Å². The molecule has 0 aliphatic carbocycles. The molecule has 4 nitrogen and oxygen atoms in total. The van der Waals surface area contributed by atoms with Gasteiger partial charge in [-0.05, 0) is 37.5 Å². The molecule has 2 aliphatic rings. The highest BCUT2D eigenvalue weighted by Gasteiger charge is 2.50. The predicted molar refractivity (Wildman–Crippen MR) is 100 cm³/mol. The molecule has 2 aromatic rings. The summed E-state index contributed by atoms with van der Waals surface area (Å²) in [6.45, 7) is 5.59. The fraction of sp³-hybridized carbons (Fsp3) is 0.381. The van der Waals surface area contributed by atoms with Crippen LogP contribution in [0.5, 0.6) is 0 Å². The molecule has 25 heavy (non-hydrogen) atoms. The van der Waals surface area contributed by atoms with Crippen LogP contribution in [0, 0.1) is 6.92 Å². The highest BCUT2D eigenvalue weighted by molar-refractivity contribution is 5.93. The number of rotatable bonds is 3. The lowest BCUT2D eigenvalue weighted by atomic mass is 9.85. The number of carbonyl (C=O) groups is 1. The van der Waals surface area contributed by atoms with E-state index in [0.717, 1.165) is 38.2 Å². The quantitative estimate of drug-likeness (QED) is 0.937. The zero-order valence-electron chi connectivity index (χ0n) is 14.7. The predicted octanol–water partition coefficient (Wildman–Crippen LogP) is 2.92. The van der Waals surface area contributed by atoms with Gasteiger partial charge < -0.3 is 10.2 Å². The first kappa shape index (κ1) is 16.2. The summed E-state index contributed by atoms with van der Waals surface area (Å²) in [5.74, 6) is 0.186. The van der Waals surface area contributed by atoms with Crippen LogP contribution in [0.15, 0.2) is 54.6 Å². The molecule has 0 bridgehead atoms. The zero-order chi connectivity index (χ0) is 17.3. The molecule has 0 radical (unpaired) electrons. The van der Waals surface area contributed by atoms with Gasteiger partial charge in [0.15, 0.2) is 0 Å². The SMILES string of the molecule is Cc1ccc(CN2CCC3(CC2)C(=O)NCN3c2ccccc2)cc1. The first-order chi connectivity index (χ1) is 12.2. The molecule has 0 saturated carbocycles. The second-order valence-corrected chi connectivity index (χ2v) is 7.22. The molecule has 1 amide bonds. The summed E-state index contributed by atoms with van der Waals surface area (Å²) in [7, 11) is 0. The van der Waals surface area contributed by atoms with Crippen LogP contribution in [0.25, 0.3) is 0 Å². The molecular weight excluding hydrogens is 310 g/mol. The zero-order valence-corrected chi connectivity index (χ0v) is 14.7. The highest BCUT2D eigenvalue weighted by atomic mass is 16.2. The van der Waals surface area contributed by atoms with Crippen LogP contribution in [0.3, 0.4) is 0 Å². The fourth-order valence-corrected chi connectivity index (χ4v) is 4.07. The smallest absolute Gasteiger partial charge is 0.247 e. The molecule has 2 saturated heterocycles. The van der Waals surface area contributed by atoms with E-state index < -0.39 is 0 Å². The molecule has 2 aromatic carbocycles. The van der Waals surface area contributed by atoms with Gasteiger partial charge in [0.05, 0.1) is 6.67 Å². The molecule has 2 heterocycles. The summed E-state index contributed by atoms with van der Waals surface area (Å²) in [5, 5.41) is 3.07. The molecule has 2 fully saturated rings. The first-order valence-corrected chi connectivity index (χ1v) is 9.06. The van der Waals surface area contributed by atoms with Crippen molar-refractivity contribution >= 4 is 11.6 Å². The van der Waals surface area contributed by atoms with Crippen molar-refractivity contribution in [3.05, 3.63) is 65.7 Å². The second-order valence-electron chi connectivity index (χ2n) is 7.22. The van der Waals surface area contributed by atoms with Crippen LogP contribution in [0.4, 0.5) is 5.69 Å². The maximum atomic E-state index is 12.7. The Morgan fingerprint density at radius 3 is 2.36 bits per heavy atom. The summed E-state index contributed by atoms with van der Waals surface area (Å²) in [5.41, 5.74) is 3.39. The number of benzene rings is 2. The van der Waals surface area contributed by atoms with Crippen LogP contribution >= 0.6 is 0 Å². The van der Waals surface area contributed by atoms with E-state index in [1.165, 1.54) is 11.1 Å². The molecule has 4 heteroatoms. The summed E-state index contributed by atoms with van der Waals surface area (Å²) in [6, 6.07) is 19.0. The van der Waals surface area contributed by atoms with Gasteiger partial charge >= 0.3 is 0 Å². The van der Waals surface area contributed by atoms with Crippen molar-refractivity contribution < 1.29 is 4.79 Å². The van der Waals surface area contributed by atoms with E-state index >= 15 is 0 Å². The number of hydrogen-bond donors (Lipinski definition) is 1. The number of nitrogens with one attached hydrogen (secondary N) is 1. The second kappa shape index (κ2) is 6.52. The maximum Gasteiger partial charge on any atom is 0.247 e. The average Bonchev–Trinajstić information content (AvgIpc) is 2.96. The fourth-order valence-electron chi connectivity index (χ4n) is 4.07. The Morgan fingerprint density at radius 1 is 1.00 bits per heavy atom. The Balaban J connectivity index is 1.47. The van der Waals surface area contributed by atoms with Gasteiger partial charge in [0.1, 0.15) is 5.54 Å². The number of likely N-dealkylation sites (tertiary alicyclic amines) is 1. The van der Waals surface area contributed by atoms with Crippen LogP contribution in [0.2, 0.25) is 0 Å². The van der Waals surface area contributed by atoms with Gasteiger partial charge in [-0.2, -0.15) is 0 Å². The Kier molecular flexibility index (Phi) is 4.22. The number of carbonyl (C=O) groups excluding carboxylic acids is 1. The minimum Gasteiger partial charge on any atom is -0.339 e. The van der Waals surface area contributed by atoms with Crippen molar-refractivity contribution in [2.45, 2.75) is 31.8 Å². The Hall–Kier alpha value is -2.33. The summed E-state index contributed by atoms with van der Waals surface area (Å²) < 4.78 is 0. The van der Waals surface area contributed by atoms with Gasteiger partial charge in [0, 0.05) is 25.3 Å². The minimum absolute atomic E-state index is 0.186. The normalized spacial score (nSPS) is 20.0. The number of aryl methyl sites for hydroxylation is 1. The highest BCUT2D eigenvalue weighted by Crippen LogP contribution is 2.36. The number of amides is 1. The molecule has 0 unspecified atom stereocenters. The molecular formula is C21H25N3O. The molecule has 0 atom stereocenters. The number of piperidine rings is 1. The van der Waals surface area contributed by atoms with Crippen LogP contribution in [0.1, 0.15) is 24.0 Å². The third-order valence-electron chi connectivity index (χ3n) is 5.61. The van der Waals surface area contributed by atoms with Crippen LogP contribution in [-0.2, 0) is 11.3 Å². The lowest BCUT2D eigenvalue weighted by Crippen LogP contribution is -2.56. The van der Waals surface area contributed by atoms with Crippen molar-refractivity contribution in [3.8, 4) is 0 Å². The lowest BCUT2D eigenvalue weighted by Gasteiger charge is -2.43. The number of anilines is 1. The monoisotopic (exact) mass is 335 g/mol. The summed E-state index contributed by atoms with van der Waals surface area (Å²) in [4.78, 5) is 17.4. The van der Waals surface area contributed by atoms with Gasteiger partial charge in [-0.3, -0.25) is 9.69 Å². The molecule has 1 N–H and O–H groups in total. The number of hydrogen-bond acceptors (Lipinski definition) is 3. The van der Waals surface area contributed by atoms with Crippen molar-refractivity contribution in [2.24, 2.45) is 0 Å². The Bertz CT molecular complexity index is 733. The molecule has 2 aliphatic heterocycles. The van der Waals surface area contributed by atoms with Crippen LogP contribution < -0.4 is 10.2 Å². The topological polar surface area (TPSA) is 35.6 Å². The Morgan fingerprint density at radius 2 is 1.68 bits per heavy atom. The van der Waals surface area contributed by atoms with E-state index in [0.29, 0.717) is 6.67 Å². The van der Waals surface area contributed by atoms with Crippen molar-refractivity contribution in [3.63, 3.8) is 0 Å². The third kappa shape index (κ3) is 3.02. The third-order valence-corrected chi connectivity index (χ3v) is 5.61. The van der Waals surface area contributed by atoms with Crippen molar-refractivity contribution in [1.82, 2.24) is 10.2 Å². The summed E-state index contributed by atoms with van der Waals surface area (Å²) in [6.07, 6.45) is 1.75. The Labute approximate surface area is 149 Å². The molecule has 1 spiro atoms. The van der Waals surface area contributed by atoms with Gasteiger partial charge in [0.25, 0.3) is 0 Å². The lowest BCUT2D eigenvalue weighted by molar-refractivity contribution is -0.125.